The van der Waals surface area contributed by atoms with Crippen LogP contribution in [0, 0.1) is 0 Å². The van der Waals surface area contributed by atoms with E-state index in [-0.39, 0.29) is 13.1 Å². The van der Waals surface area contributed by atoms with Crippen LogP contribution >= 0.6 is 0 Å². The Morgan fingerprint density at radius 3 is 2.13 bits per heavy atom. The van der Waals surface area contributed by atoms with Crippen molar-refractivity contribution >= 4 is 0 Å². The van der Waals surface area contributed by atoms with Gasteiger partial charge in [-0.3, -0.25) is 4.90 Å². The summed E-state index contributed by atoms with van der Waals surface area (Å²) < 4.78 is 45.9. The molecule has 0 aromatic heterocycles. The van der Waals surface area contributed by atoms with E-state index in [1.807, 2.05) is 0 Å². The summed E-state index contributed by atoms with van der Waals surface area (Å²) >= 11 is 0. The number of aliphatic hydroxyl groups excluding tert-OH is 1. The molecule has 90 valence electrons. The normalized spacial score (nSPS) is 23.6. The van der Waals surface area contributed by atoms with Gasteiger partial charge >= 0.3 is 6.18 Å². The van der Waals surface area contributed by atoms with Crippen molar-refractivity contribution in [2.24, 2.45) is 0 Å². The molecule has 15 heavy (non-hydrogen) atoms. The minimum Gasteiger partial charge on any atom is -0.382 e. The molecule has 1 N–H and O–H groups in total. The first-order chi connectivity index (χ1) is 6.83. The zero-order valence-corrected chi connectivity index (χ0v) is 8.54. The first-order valence-corrected chi connectivity index (χ1v) is 4.40. The number of methoxy groups -OCH3 is 2. The van der Waals surface area contributed by atoms with Crippen molar-refractivity contribution in [3.8, 4) is 0 Å². The summed E-state index contributed by atoms with van der Waals surface area (Å²) in [5, 5.41) is 8.79. The van der Waals surface area contributed by atoms with Gasteiger partial charge in [0.1, 0.15) is 0 Å². The lowest BCUT2D eigenvalue weighted by Crippen LogP contribution is -2.65. The molecule has 0 spiro atoms. The van der Waals surface area contributed by atoms with Crippen LogP contribution in [0.1, 0.15) is 0 Å². The quantitative estimate of drug-likeness (QED) is 0.700. The Morgan fingerprint density at radius 1 is 1.33 bits per heavy atom. The van der Waals surface area contributed by atoms with E-state index in [2.05, 4.69) is 0 Å². The summed E-state index contributed by atoms with van der Waals surface area (Å²) in [6.45, 7) is 0.0122. The molecule has 0 aromatic rings. The molecule has 1 atom stereocenters. The molecule has 1 unspecified atom stereocenters. The second-order valence-electron chi connectivity index (χ2n) is 3.55. The minimum absolute atomic E-state index is 0.229. The van der Waals surface area contributed by atoms with Crippen molar-refractivity contribution in [1.82, 2.24) is 4.90 Å². The van der Waals surface area contributed by atoms with Crippen LogP contribution in [0.3, 0.4) is 0 Å². The Balaban J connectivity index is 2.34. The van der Waals surface area contributed by atoms with E-state index in [0.717, 1.165) is 0 Å². The zero-order valence-electron chi connectivity index (χ0n) is 8.54. The second kappa shape index (κ2) is 4.25. The lowest BCUT2D eigenvalue weighted by Gasteiger charge is -2.48. The number of aliphatic hydroxyl groups is 1. The van der Waals surface area contributed by atoms with Crippen LogP contribution in [-0.2, 0) is 9.47 Å². The van der Waals surface area contributed by atoms with Crippen molar-refractivity contribution < 1.29 is 27.8 Å². The van der Waals surface area contributed by atoms with E-state index < -0.39 is 24.6 Å². The topological polar surface area (TPSA) is 41.9 Å². The number of hydrogen-bond donors (Lipinski definition) is 1. The fourth-order valence-corrected chi connectivity index (χ4v) is 1.45. The van der Waals surface area contributed by atoms with Crippen LogP contribution in [0.25, 0.3) is 0 Å². The van der Waals surface area contributed by atoms with Crippen LogP contribution in [-0.4, -0.2) is 61.9 Å². The van der Waals surface area contributed by atoms with Gasteiger partial charge in [-0.25, -0.2) is 0 Å². The van der Waals surface area contributed by atoms with E-state index in [0.29, 0.717) is 0 Å². The van der Waals surface area contributed by atoms with Crippen LogP contribution in [0.15, 0.2) is 0 Å². The third-order valence-corrected chi connectivity index (χ3v) is 2.48. The third-order valence-electron chi connectivity index (χ3n) is 2.48. The summed E-state index contributed by atoms with van der Waals surface area (Å²) in [6.07, 6.45) is -6.89. The number of likely N-dealkylation sites (tertiary alicyclic amines) is 1. The smallest absolute Gasteiger partial charge is 0.382 e. The highest BCUT2D eigenvalue weighted by atomic mass is 19.4. The van der Waals surface area contributed by atoms with Gasteiger partial charge < -0.3 is 14.6 Å². The highest BCUT2D eigenvalue weighted by Crippen LogP contribution is 2.28. The van der Waals surface area contributed by atoms with Crippen LogP contribution in [0.5, 0.6) is 0 Å². The Bertz CT molecular complexity index is 210. The van der Waals surface area contributed by atoms with E-state index >= 15 is 0 Å². The lowest BCUT2D eigenvalue weighted by atomic mass is 10.1. The highest BCUT2D eigenvalue weighted by Gasteiger charge is 2.47. The van der Waals surface area contributed by atoms with Crippen molar-refractivity contribution in [3.63, 3.8) is 0 Å². The van der Waals surface area contributed by atoms with Gasteiger partial charge in [0.15, 0.2) is 11.9 Å². The predicted octanol–water partition coefficient (Wildman–Crippen LogP) is 0.214. The molecule has 1 rings (SSSR count). The van der Waals surface area contributed by atoms with Crippen LogP contribution < -0.4 is 0 Å². The average molecular weight is 229 g/mol. The summed E-state index contributed by atoms with van der Waals surface area (Å²) in [5.74, 6) is -0.814. The van der Waals surface area contributed by atoms with E-state index in [1.54, 1.807) is 0 Å². The molecule has 4 nitrogen and oxygen atoms in total. The predicted molar refractivity (Wildman–Crippen MR) is 45.3 cm³/mol. The average Bonchev–Trinajstić information content (AvgIpc) is 2.08. The van der Waals surface area contributed by atoms with E-state index in [4.69, 9.17) is 14.6 Å². The van der Waals surface area contributed by atoms with Gasteiger partial charge in [0.05, 0.1) is 13.1 Å². The van der Waals surface area contributed by atoms with Crippen molar-refractivity contribution in [1.29, 1.82) is 0 Å². The Kier molecular flexibility index (Phi) is 3.59. The molecular weight excluding hydrogens is 215 g/mol. The SMILES string of the molecule is COC1(OC)CN(CC(O)C(F)(F)F)C1. The van der Waals surface area contributed by atoms with Gasteiger partial charge in [0.25, 0.3) is 0 Å². The molecule has 0 saturated carbocycles. The molecule has 0 radical (unpaired) electrons. The van der Waals surface area contributed by atoms with Gasteiger partial charge in [0.2, 0.25) is 0 Å². The van der Waals surface area contributed by atoms with Crippen molar-refractivity contribution in [2.45, 2.75) is 18.1 Å². The van der Waals surface area contributed by atoms with Gasteiger partial charge in [-0.15, -0.1) is 0 Å². The number of β-amino-alcohol motifs (C(OH)–C–C–N with tert-alkyl or cyclic N) is 1. The molecule has 0 aliphatic carbocycles. The fraction of sp³-hybridized carbons (Fsp3) is 1.00. The summed E-state index contributed by atoms with van der Waals surface area (Å²) in [6, 6.07) is 0. The number of halogens is 3. The molecule has 0 bridgehead atoms. The van der Waals surface area contributed by atoms with Gasteiger partial charge in [0, 0.05) is 20.8 Å². The van der Waals surface area contributed by atoms with Gasteiger partial charge in [-0.2, -0.15) is 13.2 Å². The number of hydrogen-bond acceptors (Lipinski definition) is 4. The number of ether oxygens (including phenoxy) is 2. The summed E-state index contributed by atoms with van der Waals surface area (Å²) in [5.41, 5.74) is 0. The second-order valence-corrected chi connectivity index (χ2v) is 3.55. The largest absolute Gasteiger partial charge is 0.415 e. The molecule has 0 aromatic carbocycles. The first kappa shape index (κ1) is 12.7. The standard InChI is InChI=1S/C8H14F3NO3/c1-14-7(15-2)4-12(5-7)3-6(13)8(9,10)11/h6,13H,3-5H2,1-2H3. The minimum atomic E-state index is -4.57. The molecule has 1 fully saturated rings. The Hall–Kier alpha value is -0.370. The molecule has 1 aliphatic heterocycles. The van der Waals surface area contributed by atoms with E-state index in [1.165, 1.54) is 19.1 Å². The Labute approximate surface area is 85.6 Å². The molecule has 0 amide bonds. The molecule has 1 aliphatic rings. The van der Waals surface area contributed by atoms with Crippen LogP contribution in [0.2, 0.25) is 0 Å². The highest BCUT2D eigenvalue weighted by molar-refractivity contribution is 4.90. The van der Waals surface area contributed by atoms with Crippen LogP contribution in [0.4, 0.5) is 13.2 Å². The maximum atomic E-state index is 12.0. The molecule has 1 heterocycles. The molecule has 1 saturated heterocycles. The number of rotatable bonds is 4. The van der Waals surface area contributed by atoms with Crippen molar-refractivity contribution in [2.75, 3.05) is 33.9 Å². The first-order valence-electron chi connectivity index (χ1n) is 4.40. The zero-order chi connectivity index (χ0) is 11.7. The molecular formula is C8H14F3NO3. The Morgan fingerprint density at radius 2 is 1.80 bits per heavy atom. The van der Waals surface area contributed by atoms with Crippen molar-refractivity contribution in [3.05, 3.63) is 0 Å². The summed E-state index contributed by atoms with van der Waals surface area (Å²) in [4.78, 5) is 1.42. The lowest BCUT2D eigenvalue weighted by molar-refractivity contribution is -0.287. The molecule has 7 heteroatoms. The fourth-order valence-electron chi connectivity index (χ4n) is 1.45. The third kappa shape index (κ3) is 2.81. The maximum Gasteiger partial charge on any atom is 0.415 e. The number of alkyl halides is 3. The number of nitrogens with zero attached hydrogens (tertiary/aromatic N) is 1. The van der Waals surface area contributed by atoms with Gasteiger partial charge in [-0.05, 0) is 0 Å². The summed E-state index contributed by atoms with van der Waals surface area (Å²) in [7, 11) is 2.86. The van der Waals surface area contributed by atoms with E-state index in [9.17, 15) is 13.2 Å². The maximum absolute atomic E-state index is 12.0. The van der Waals surface area contributed by atoms with Gasteiger partial charge in [-0.1, -0.05) is 0 Å². The monoisotopic (exact) mass is 229 g/mol.